The van der Waals surface area contributed by atoms with Gasteiger partial charge >= 0.3 is 0 Å². The minimum absolute atomic E-state index is 0.0437. The summed E-state index contributed by atoms with van der Waals surface area (Å²) >= 11 is 0. The van der Waals surface area contributed by atoms with Crippen LogP contribution < -0.4 is 10.2 Å². The van der Waals surface area contributed by atoms with Crippen molar-refractivity contribution in [3.63, 3.8) is 0 Å². The first kappa shape index (κ1) is 20.7. The number of benzene rings is 2. The lowest BCUT2D eigenvalue weighted by molar-refractivity contribution is -0.384. The topological polar surface area (TPSA) is 123 Å². The van der Waals surface area contributed by atoms with Crippen LogP contribution in [0, 0.1) is 17.0 Å². The SMILES string of the molecule is CCOc1ccc(-c2n[nH]c(C(=O)N/N=C(\C)c3cccc([N+](=O)[O-])c3)c2C)cc1. The molecule has 1 heterocycles. The molecule has 0 spiro atoms. The highest BCUT2D eigenvalue weighted by Crippen LogP contribution is 2.25. The van der Waals surface area contributed by atoms with Crippen LogP contribution in [-0.2, 0) is 0 Å². The Balaban J connectivity index is 1.75. The largest absolute Gasteiger partial charge is 0.494 e. The van der Waals surface area contributed by atoms with Crippen LogP contribution in [0.3, 0.4) is 0 Å². The number of non-ortho nitro benzene ring substituents is 1. The van der Waals surface area contributed by atoms with Crippen molar-refractivity contribution in [1.29, 1.82) is 0 Å². The first-order chi connectivity index (χ1) is 14.4. The molecule has 0 aliphatic rings. The summed E-state index contributed by atoms with van der Waals surface area (Å²) in [5, 5.41) is 22.0. The average molecular weight is 407 g/mol. The number of aromatic amines is 1. The summed E-state index contributed by atoms with van der Waals surface area (Å²) in [4.78, 5) is 23.0. The standard InChI is InChI=1S/C21H21N5O4/c1-4-30-18-10-8-15(9-11-18)19-13(2)20(24-23-19)21(27)25-22-14(3)16-6-5-7-17(12-16)26(28)29/h5-12H,4H2,1-3H3,(H,23,24)(H,25,27)/b22-14+. The summed E-state index contributed by atoms with van der Waals surface area (Å²) in [5.41, 5.74) is 5.88. The molecule has 0 saturated carbocycles. The summed E-state index contributed by atoms with van der Waals surface area (Å²) in [7, 11) is 0. The van der Waals surface area contributed by atoms with E-state index in [0.717, 1.165) is 11.3 Å². The Morgan fingerprint density at radius 2 is 2.00 bits per heavy atom. The third-order valence-corrected chi connectivity index (χ3v) is 4.48. The fourth-order valence-electron chi connectivity index (χ4n) is 2.88. The summed E-state index contributed by atoms with van der Waals surface area (Å²) in [5.74, 6) is 0.306. The average Bonchev–Trinajstić information content (AvgIpc) is 3.14. The van der Waals surface area contributed by atoms with Gasteiger partial charge in [0.15, 0.2) is 0 Å². The number of nitro benzene ring substituents is 1. The van der Waals surface area contributed by atoms with Gasteiger partial charge in [-0.15, -0.1) is 0 Å². The molecular weight excluding hydrogens is 386 g/mol. The number of rotatable bonds is 7. The number of nitro groups is 1. The molecular formula is C21H21N5O4. The predicted octanol–water partition coefficient (Wildman–Crippen LogP) is 3.85. The molecule has 0 aliphatic heterocycles. The Labute approximate surface area is 172 Å². The lowest BCUT2D eigenvalue weighted by Crippen LogP contribution is -2.20. The molecule has 0 saturated heterocycles. The van der Waals surface area contributed by atoms with Crippen LogP contribution in [-0.4, -0.2) is 33.3 Å². The highest BCUT2D eigenvalue weighted by Gasteiger charge is 2.17. The molecule has 0 atom stereocenters. The maximum absolute atomic E-state index is 12.5. The molecule has 9 nitrogen and oxygen atoms in total. The maximum Gasteiger partial charge on any atom is 0.289 e. The Hall–Kier alpha value is -4.01. The van der Waals surface area contributed by atoms with E-state index in [9.17, 15) is 14.9 Å². The van der Waals surface area contributed by atoms with Crippen molar-refractivity contribution in [1.82, 2.24) is 15.6 Å². The molecule has 0 fully saturated rings. The Morgan fingerprint density at radius 3 is 2.67 bits per heavy atom. The van der Waals surface area contributed by atoms with E-state index in [1.54, 1.807) is 26.0 Å². The summed E-state index contributed by atoms with van der Waals surface area (Å²) in [6.45, 7) is 5.95. The van der Waals surface area contributed by atoms with Crippen LogP contribution in [0.25, 0.3) is 11.3 Å². The van der Waals surface area contributed by atoms with Crippen molar-refractivity contribution in [2.45, 2.75) is 20.8 Å². The second-order valence-corrected chi connectivity index (χ2v) is 6.48. The van der Waals surface area contributed by atoms with E-state index in [4.69, 9.17) is 4.74 Å². The van der Waals surface area contributed by atoms with Crippen molar-refractivity contribution in [3.8, 4) is 17.0 Å². The minimum Gasteiger partial charge on any atom is -0.494 e. The molecule has 3 rings (SSSR count). The van der Waals surface area contributed by atoms with Gasteiger partial charge in [-0.3, -0.25) is 20.0 Å². The van der Waals surface area contributed by atoms with Crippen LogP contribution in [0.5, 0.6) is 5.75 Å². The van der Waals surface area contributed by atoms with Crippen LogP contribution in [0.1, 0.15) is 35.5 Å². The van der Waals surface area contributed by atoms with Crippen LogP contribution in [0.15, 0.2) is 53.6 Å². The van der Waals surface area contributed by atoms with E-state index in [1.165, 1.54) is 12.1 Å². The van der Waals surface area contributed by atoms with Crippen LogP contribution in [0.2, 0.25) is 0 Å². The van der Waals surface area contributed by atoms with Gasteiger partial charge in [-0.25, -0.2) is 5.43 Å². The number of amides is 1. The summed E-state index contributed by atoms with van der Waals surface area (Å²) in [6.07, 6.45) is 0. The van der Waals surface area contributed by atoms with E-state index in [1.807, 2.05) is 31.2 Å². The minimum atomic E-state index is -0.480. The quantitative estimate of drug-likeness (QED) is 0.350. The smallest absolute Gasteiger partial charge is 0.289 e. The van der Waals surface area contributed by atoms with Crippen LogP contribution >= 0.6 is 0 Å². The summed E-state index contributed by atoms with van der Waals surface area (Å²) in [6, 6.07) is 13.5. The lowest BCUT2D eigenvalue weighted by Gasteiger charge is -2.04. The normalized spacial score (nSPS) is 11.2. The molecule has 30 heavy (non-hydrogen) atoms. The zero-order valence-electron chi connectivity index (χ0n) is 16.8. The Morgan fingerprint density at radius 1 is 1.27 bits per heavy atom. The number of H-pyrrole nitrogens is 1. The van der Waals surface area contributed by atoms with Crippen molar-refractivity contribution >= 4 is 17.3 Å². The van der Waals surface area contributed by atoms with Gasteiger partial charge in [0.1, 0.15) is 11.4 Å². The predicted molar refractivity (Wildman–Crippen MR) is 113 cm³/mol. The third-order valence-electron chi connectivity index (χ3n) is 4.48. The Bertz CT molecular complexity index is 1100. The van der Waals surface area contributed by atoms with Crippen LogP contribution in [0.4, 0.5) is 5.69 Å². The zero-order valence-corrected chi connectivity index (χ0v) is 16.8. The zero-order chi connectivity index (χ0) is 21.7. The maximum atomic E-state index is 12.5. The number of nitrogens with one attached hydrogen (secondary N) is 2. The molecule has 1 amide bonds. The number of hydrazone groups is 1. The number of nitrogens with zero attached hydrogens (tertiary/aromatic N) is 3. The molecule has 0 bridgehead atoms. The van der Waals surface area contributed by atoms with Gasteiger partial charge in [-0.05, 0) is 45.0 Å². The third kappa shape index (κ3) is 4.52. The molecule has 9 heteroatoms. The molecule has 1 aromatic heterocycles. The van der Waals surface area contributed by atoms with E-state index in [-0.39, 0.29) is 11.4 Å². The van der Waals surface area contributed by atoms with E-state index in [0.29, 0.717) is 29.1 Å². The molecule has 2 aromatic carbocycles. The fraction of sp³-hybridized carbons (Fsp3) is 0.190. The highest BCUT2D eigenvalue weighted by molar-refractivity contribution is 6.01. The van der Waals surface area contributed by atoms with Crippen molar-refractivity contribution in [2.24, 2.45) is 5.10 Å². The van der Waals surface area contributed by atoms with Crippen molar-refractivity contribution in [3.05, 3.63) is 75.5 Å². The van der Waals surface area contributed by atoms with Gasteiger partial charge in [0.2, 0.25) is 0 Å². The number of hydrogen-bond donors (Lipinski definition) is 2. The molecule has 2 N–H and O–H groups in total. The van der Waals surface area contributed by atoms with E-state index >= 15 is 0 Å². The molecule has 0 aliphatic carbocycles. The first-order valence-electron chi connectivity index (χ1n) is 9.28. The molecule has 0 unspecified atom stereocenters. The monoisotopic (exact) mass is 407 g/mol. The van der Waals surface area contributed by atoms with Gasteiger partial charge in [-0.2, -0.15) is 10.2 Å². The second-order valence-electron chi connectivity index (χ2n) is 6.48. The highest BCUT2D eigenvalue weighted by atomic mass is 16.6. The molecule has 154 valence electrons. The van der Waals surface area contributed by atoms with Gasteiger partial charge in [0.05, 0.1) is 22.9 Å². The molecule has 0 radical (unpaired) electrons. The van der Waals surface area contributed by atoms with E-state index < -0.39 is 10.8 Å². The van der Waals surface area contributed by atoms with Crippen molar-refractivity contribution < 1.29 is 14.5 Å². The second kappa shape index (κ2) is 8.99. The lowest BCUT2D eigenvalue weighted by atomic mass is 10.1. The van der Waals surface area contributed by atoms with Gasteiger partial charge in [-0.1, -0.05) is 12.1 Å². The fourth-order valence-corrected chi connectivity index (χ4v) is 2.88. The molecule has 3 aromatic rings. The number of ether oxygens (including phenoxy) is 1. The van der Waals surface area contributed by atoms with E-state index in [2.05, 4.69) is 20.7 Å². The number of hydrogen-bond acceptors (Lipinski definition) is 6. The first-order valence-corrected chi connectivity index (χ1v) is 9.28. The number of aromatic nitrogens is 2. The van der Waals surface area contributed by atoms with Gasteiger partial charge in [0.25, 0.3) is 11.6 Å². The van der Waals surface area contributed by atoms with Gasteiger partial charge in [0, 0.05) is 28.8 Å². The van der Waals surface area contributed by atoms with Crippen molar-refractivity contribution in [2.75, 3.05) is 6.61 Å². The number of carbonyl (C=O) groups excluding carboxylic acids is 1. The number of carbonyl (C=O) groups is 1. The summed E-state index contributed by atoms with van der Waals surface area (Å²) < 4.78 is 5.44. The Kier molecular flexibility index (Phi) is 6.21. The van der Waals surface area contributed by atoms with Gasteiger partial charge < -0.3 is 4.74 Å².